The van der Waals surface area contributed by atoms with Crippen LogP contribution in [0.5, 0.6) is 0 Å². The van der Waals surface area contributed by atoms with E-state index >= 15 is 0 Å². The molecule has 0 aliphatic carbocycles. The smallest absolute Gasteiger partial charge is 0.332 e. The molecule has 1 atom stereocenters. The van der Waals surface area contributed by atoms with Gasteiger partial charge in [-0.3, -0.25) is 18.5 Å². The van der Waals surface area contributed by atoms with E-state index in [2.05, 4.69) is 32.8 Å². The Bertz CT molecular complexity index is 1210. The summed E-state index contributed by atoms with van der Waals surface area (Å²) in [5.41, 5.74) is 0.555. The van der Waals surface area contributed by atoms with E-state index in [9.17, 15) is 19.8 Å². The highest BCUT2D eigenvalue weighted by Gasteiger charge is 2.25. The predicted molar refractivity (Wildman–Crippen MR) is 126 cm³/mol. The van der Waals surface area contributed by atoms with Crippen LogP contribution >= 0.6 is 22.6 Å². The molecular weight excluding hydrogens is 515 g/mol. The molecule has 4 rings (SSSR count). The van der Waals surface area contributed by atoms with Gasteiger partial charge in [0.25, 0.3) is 5.56 Å². The second kappa shape index (κ2) is 9.10. The maximum Gasteiger partial charge on any atom is 0.332 e. The zero-order chi connectivity index (χ0) is 22.1. The van der Waals surface area contributed by atoms with Gasteiger partial charge in [-0.15, -0.1) is 0 Å². The van der Waals surface area contributed by atoms with Crippen molar-refractivity contribution in [1.29, 1.82) is 0 Å². The Hall–Kier alpha value is -2.22. The normalized spacial score (nSPS) is 15.5. The number of halogens is 1. The van der Waals surface area contributed by atoms with Crippen molar-refractivity contribution in [2.24, 2.45) is 7.05 Å². The molecule has 3 heterocycles. The SMILES string of the molecule is Cn1c(=O)n(CC(O)CO)c(=O)c2c1nc(N1CCNCC1)n2Cc1ccccc1I. The van der Waals surface area contributed by atoms with Gasteiger partial charge in [-0.05, 0) is 34.2 Å². The average Bonchev–Trinajstić information content (AvgIpc) is 3.16. The summed E-state index contributed by atoms with van der Waals surface area (Å²) < 4.78 is 5.23. The lowest BCUT2D eigenvalue weighted by atomic mass is 10.2. The van der Waals surface area contributed by atoms with Gasteiger partial charge in [-0.25, -0.2) is 4.79 Å². The molecule has 3 N–H and O–H groups in total. The van der Waals surface area contributed by atoms with Gasteiger partial charge >= 0.3 is 5.69 Å². The second-order valence-electron chi connectivity index (χ2n) is 7.59. The van der Waals surface area contributed by atoms with Gasteiger partial charge in [0, 0.05) is 36.8 Å². The summed E-state index contributed by atoms with van der Waals surface area (Å²) in [5.74, 6) is 0.642. The number of aliphatic hydroxyl groups is 2. The maximum atomic E-state index is 13.4. The lowest BCUT2D eigenvalue weighted by Gasteiger charge is -2.28. The molecule has 0 amide bonds. The van der Waals surface area contributed by atoms with Crippen molar-refractivity contribution in [3.63, 3.8) is 0 Å². The van der Waals surface area contributed by atoms with Crippen molar-refractivity contribution in [2.75, 3.05) is 37.7 Å². The molecule has 10 nitrogen and oxygen atoms in total. The molecule has 0 spiro atoms. The third-order valence-corrected chi connectivity index (χ3v) is 6.55. The summed E-state index contributed by atoms with van der Waals surface area (Å²) in [4.78, 5) is 33.1. The highest BCUT2D eigenvalue weighted by molar-refractivity contribution is 14.1. The van der Waals surface area contributed by atoms with Crippen molar-refractivity contribution < 1.29 is 10.2 Å². The number of hydrogen-bond donors (Lipinski definition) is 3. The summed E-state index contributed by atoms with van der Waals surface area (Å²) in [6.45, 7) is 2.68. The fraction of sp³-hybridized carbons (Fsp3) is 0.450. The number of benzene rings is 1. The summed E-state index contributed by atoms with van der Waals surface area (Å²) in [5, 5.41) is 22.4. The van der Waals surface area contributed by atoms with E-state index in [1.807, 2.05) is 28.8 Å². The molecule has 2 aromatic heterocycles. The lowest BCUT2D eigenvalue weighted by molar-refractivity contribution is 0.0791. The highest BCUT2D eigenvalue weighted by atomic mass is 127. The van der Waals surface area contributed by atoms with Gasteiger partial charge < -0.3 is 20.4 Å². The van der Waals surface area contributed by atoms with Crippen LogP contribution in [-0.4, -0.2) is 67.8 Å². The fourth-order valence-corrected chi connectivity index (χ4v) is 4.40. The first kappa shape index (κ1) is 22.0. The standard InChI is InChI=1S/C20H25IN6O4/c1-24-17-16(18(30)27(20(24)31)11-14(29)12-28)26(10-13-4-2-3-5-15(13)21)19(23-17)25-8-6-22-7-9-25/h2-5,14,22,28-29H,6-12H2,1H3. The maximum absolute atomic E-state index is 13.4. The fourth-order valence-electron chi connectivity index (χ4n) is 3.84. The van der Waals surface area contributed by atoms with Crippen LogP contribution in [0.2, 0.25) is 0 Å². The molecule has 1 fully saturated rings. The van der Waals surface area contributed by atoms with Crippen molar-refractivity contribution >= 4 is 39.7 Å². The Morgan fingerprint density at radius 3 is 2.58 bits per heavy atom. The number of hydrogen-bond acceptors (Lipinski definition) is 7. The zero-order valence-corrected chi connectivity index (χ0v) is 19.3. The molecule has 3 aromatic rings. The Morgan fingerprint density at radius 1 is 1.19 bits per heavy atom. The number of nitrogens with one attached hydrogen (secondary N) is 1. The minimum absolute atomic E-state index is 0.283. The second-order valence-corrected chi connectivity index (χ2v) is 8.75. The molecule has 1 unspecified atom stereocenters. The third-order valence-electron chi connectivity index (χ3n) is 5.50. The largest absolute Gasteiger partial charge is 0.394 e. The zero-order valence-electron chi connectivity index (χ0n) is 17.2. The van der Waals surface area contributed by atoms with E-state index in [4.69, 9.17) is 4.98 Å². The highest BCUT2D eigenvalue weighted by Crippen LogP contribution is 2.23. The molecule has 1 aliphatic heterocycles. The molecule has 166 valence electrons. The van der Waals surface area contributed by atoms with Crippen LogP contribution in [0.3, 0.4) is 0 Å². The van der Waals surface area contributed by atoms with Crippen LogP contribution in [0.25, 0.3) is 11.2 Å². The van der Waals surface area contributed by atoms with Crippen LogP contribution < -0.4 is 21.5 Å². The molecular formula is C20H25IN6O4. The number of aromatic nitrogens is 4. The minimum Gasteiger partial charge on any atom is -0.394 e. The molecule has 1 aliphatic rings. The molecule has 0 bridgehead atoms. The third kappa shape index (κ3) is 4.14. The number of aryl methyl sites for hydroxylation is 1. The Morgan fingerprint density at radius 2 is 1.90 bits per heavy atom. The predicted octanol–water partition coefficient (Wildman–Crippen LogP) is -0.688. The first-order valence-corrected chi connectivity index (χ1v) is 11.2. The van der Waals surface area contributed by atoms with Crippen LogP contribution in [0.4, 0.5) is 5.95 Å². The monoisotopic (exact) mass is 540 g/mol. The molecule has 1 aromatic carbocycles. The molecule has 1 saturated heterocycles. The van der Waals surface area contributed by atoms with E-state index in [0.29, 0.717) is 23.7 Å². The van der Waals surface area contributed by atoms with E-state index in [-0.39, 0.29) is 6.54 Å². The lowest BCUT2D eigenvalue weighted by Crippen LogP contribution is -2.45. The molecule has 31 heavy (non-hydrogen) atoms. The Balaban J connectivity index is 1.97. The number of anilines is 1. The number of nitrogens with zero attached hydrogens (tertiary/aromatic N) is 5. The van der Waals surface area contributed by atoms with E-state index in [1.54, 1.807) is 7.05 Å². The van der Waals surface area contributed by atoms with Gasteiger partial charge in [0.1, 0.15) is 0 Å². The van der Waals surface area contributed by atoms with Gasteiger partial charge in [-0.2, -0.15) is 4.98 Å². The summed E-state index contributed by atoms with van der Waals surface area (Å²) in [7, 11) is 1.57. The van der Waals surface area contributed by atoms with Crippen molar-refractivity contribution in [1.82, 2.24) is 24.0 Å². The van der Waals surface area contributed by atoms with Gasteiger partial charge in [0.2, 0.25) is 5.95 Å². The first-order chi connectivity index (χ1) is 14.9. The number of piperazine rings is 1. The summed E-state index contributed by atoms with van der Waals surface area (Å²) >= 11 is 2.27. The number of fused-ring (bicyclic) bond motifs is 1. The topological polar surface area (TPSA) is 118 Å². The van der Waals surface area contributed by atoms with Crippen molar-refractivity contribution in [3.8, 4) is 0 Å². The molecule has 0 saturated carbocycles. The Kier molecular flexibility index (Phi) is 6.46. The summed E-state index contributed by atoms with van der Waals surface area (Å²) in [6.07, 6.45) is -1.21. The van der Waals surface area contributed by atoms with Gasteiger partial charge in [0.15, 0.2) is 11.2 Å². The number of imidazole rings is 1. The number of aliphatic hydroxyl groups excluding tert-OH is 2. The summed E-state index contributed by atoms with van der Waals surface area (Å²) in [6, 6.07) is 7.92. The first-order valence-electron chi connectivity index (χ1n) is 10.1. The van der Waals surface area contributed by atoms with E-state index in [0.717, 1.165) is 39.9 Å². The quantitative estimate of drug-likeness (QED) is 0.355. The van der Waals surface area contributed by atoms with Crippen LogP contribution in [-0.2, 0) is 20.1 Å². The Labute approximate surface area is 191 Å². The van der Waals surface area contributed by atoms with Crippen LogP contribution in [0.15, 0.2) is 33.9 Å². The number of rotatable bonds is 6. The van der Waals surface area contributed by atoms with Gasteiger partial charge in [-0.1, -0.05) is 18.2 Å². The van der Waals surface area contributed by atoms with Crippen LogP contribution in [0, 0.1) is 3.57 Å². The van der Waals surface area contributed by atoms with Crippen molar-refractivity contribution in [2.45, 2.75) is 19.2 Å². The minimum atomic E-state index is -1.21. The van der Waals surface area contributed by atoms with Gasteiger partial charge in [0.05, 0.1) is 25.8 Å². The van der Waals surface area contributed by atoms with E-state index in [1.165, 1.54) is 4.57 Å². The molecule has 0 radical (unpaired) electrons. The molecule has 11 heteroatoms. The average molecular weight is 540 g/mol. The van der Waals surface area contributed by atoms with Crippen LogP contribution in [0.1, 0.15) is 5.56 Å². The van der Waals surface area contributed by atoms with E-state index < -0.39 is 24.0 Å². The van der Waals surface area contributed by atoms with Crippen molar-refractivity contribution in [3.05, 3.63) is 54.2 Å².